The lowest BCUT2D eigenvalue weighted by Crippen LogP contribution is -2.45. The summed E-state index contributed by atoms with van der Waals surface area (Å²) in [6, 6.07) is -0.559. The van der Waals surface area contributed by atoms with Gasteiger partial charge in [0.15, 0.2) is 0 Å². The molecule has 0 aliphatic carbocycles. The molecule has 5 heteroatoms. The summed E-state index contributed by atoms with van der Waals surface area (Å²) in [6.07, 6.45) is -1.77. The quantitative estimate of drug-likeness (QED) is 0.353. The van der Waals surface area contributed by atoms with Gasteiger partial charge in [-0.2, -0.15) is 0 Å². The Kier molecular flexibility index (Phi) is 6.23. The van der Waals surface area contributed by atoms with Crippen LogP contribution in [0.4, 0.5) is 0 Å². The third kappa shape index (κ3) is 4.63. The van der Waals surface area contributed by atoms with Gasteiger partial charge < -0.3 is 26.4 Å². The van der Waals surface area contributed by atoms with Crippen molar-refractivity contribution in [2.75, 3.05) is 19.8 Å². The molecule has 0 aromatic carbocycles. The van der Waals surface area contributed by atoms with E-state index in [4.69, 9.17) is 21.3 Å². The van der Waals surface area contributed by atoms with Crippen LogP contribution in [0.5, 0.6) is 0 Å². The molecule has 0 saturated heterocycles. The molecule has 0 fully saturated rings. The van der Waals surface area contributed by atoms with Gasteiger partial charge >= 0.3 is 0 Å². The lowest BCUT2D eigenvalue weighted by Gasteiger charge is -2.20. The van der Waals surface area contributed by atoms with Gasteiger partial charge in [-0.05, 0) is 6.92 Å². The molecular formula is C7H18N2O3. The maximum atomic E-state index is 9.21. The minimum Gasteiger partial charge on any atom is -0.391 e. The summed E-state index contributed by atoms with van der Waals surface area (Å²) in [5.74, 6) is 0. The predicted octanol–water partition coefficient (Wildman–Crippen LogP) is -1.97. The summed E-state index contributed by atoms with van der Waals surface area (Å²) in [5.41, 5.74) is 10.7. The molecule has 74 valence electrons. The first-order chi connectivity index (χ1) is 5.59. The number of ether oxygens (including phenoxy) is 1. The van der Waals surface area contributed by atoms with Crippen molar-refractivity contribution in [1.82, 2.24) is 0 Å². The summed E-state index contributed by atoms with van der Waals surface area (Å²) in [7, 11) is 0. The molecule has 0 amide bonds. The Morgan fingerprint density at radius 2 is 2.00 bits per heavy atom. The van der Waals surface area contributed by atoms with Gasteiger partial charge in [0.05, 0.1) is 31.5 Å². The van der Waals surface area contributed by atoms with E-state index in [-0.39, 0.29) is 6.61 Å². The molecule has 0 spiro atoms. The van der Waals surface area contributed by atoms with E-state index in [1.54, 1.807) is 0 Å². The Morgan fingerprint density at radius 3 is 2.42 bits per heavy atom. The summed E-state index contributed by atoms with van der Waals surface area (Å²) in [5, 5.41) is 18.1. The standard InChI is InChI=1S/C7H18N2O3/c1-5(10)7(11)6(9)4-12-3-2-8/h5-7,10-11H,2-4,8-9H2,1H3. The smallest absolute Gasteiger partial charge is 0.0969 e. The molecule has 0 aliphatic rings. The minimum absolute atomic E-state index is 0.212. The third-order valence-corrected chi connectivity index (χ3v) is 1.51. The van der Waals surface area contributed by atoms with Crippen LogP contribution in [0.1, 0.15) is 6.92 Å². The van der Waals surface area contributed by atoms with E-state index in [0.29, 0.717) is 13.2 Å². The van der Waals surface area contributed by atoms with Crippen LogP contribution in [0.3, 0.4) is 0 Å². The van der Waals surface area contributed by atoms with Gasteiger partial charge in [-0.3, -0.25) is 0 Å². The number of aliphatic hydroxyl groups excluding tert-OH is 2. The van der Waals surface area contributed by atoms with Crippen LogP contribution in [0, 0.1) is 0 Å². The summed E-state index contributed by atoms with van der Waals surface area (Å²) in [4.78, 5) is 0. The molecular weight excluding hydrogens is 160 g/mol. The van der Waals surface area contributed by atoms with Crippen molar-refractivity contribution in [3.63, 3.8) is 0 Å². The molecule has 0 aliphatic heterocycles. The minimum atomic E-state index is -0.942. The lowest BCUT2D eigenvalue weighted by atomic mass is 10.1. The number of hydrogen-bond acceptors (Lipinski definition) is 5. The van der Waals surface area contributed by atoms with E-state index in [1.165, 1.54) is 6.92 Å². The van der Waals surface area contributed by atoms with Crippen LogP contribution in [0.15, 0.2) is 0 Å². The topological polar surface area (TPSA) is 102 Å². The van der Waals surface area contributed by atoms with Gasteiger partial charge in [-0.1, -0.05) is 0 Å². The lowest BCUT2D eigenvalue weighted by molar-refractivity contribution is -0.00851. The fourth-order valence-electron chi connectivity index (χ4n) is 0.759. The van der Waals surface area contributed by atoms with E-state index in [9.17, 15) is 5.11 Å². The molecule has 3 atom stereocenters. The molecule has 5 nitrogen and oxygen atoms in total. The van der Waals surface area contributed by atoms with E-state index in [0.717, 1.165) is 0 Å². The largest absolute Gasteiger partial charge is 0.391 e. The van der Waals surface area contributed by atoms with Gasteiger partial charge in [-0.25, -0.2) is 0 Å². The molecule has 0 rings (SSSR count). The maximum Gasteiger partial charge on any atom is 0.0969 e. The first-order valence-electron chi connectivity index (χ1n) is 3.99. The van der Waals surface area contributed by atoms with Crippen LogP contribution >= 0.6 is 0 Å². The van der Waals surface area contributed by atoms with Crippen molar-refractivity contribution < 1.29 is 14.9 Å². The second-order valence-corrected chi connectivity index (χ2v) is 2.76. The van der Waals surface area contributed by atoms with E-state index >= 15 is 0 Å². The fraction of sp³-hybridized carbons (Fsp3) is 1.00. The predicted molar refractivity (Wildman–Crippen MR) is 45.5 cm³/mol. The summed E-state index contributed by atoms with van der Waals surface area (Å²) in [6.45, 7) is 2.54. The molecule has 6 N–H and O–H groups in total. The number of nitrogens with two attached hydrogens (primary N) is 2. The van der Waals surface area contributed by atoms with Crippen LogP contribution in [0.2, 0.25) is 0 Å². The Bertz CT molecular complexity index is 111. The normalized spacial score (nSPS) is 18.8. The highest BCUT2D eigenvalue weighted by atomic mass is 16.5. The molecule has 0 radical (unpaired) electrons. The zero-order valence-electron chi connectivity index (χ0n) is 7.31. The average Bonchev–Trinajstić information content (AvgIpc) is 2.03. The third-order valence-electron chi connectivity index (χ3n) is 1.51. The number of rotatable bonds is 6. The fourth-order valence-corrected chi connectivity index (χ4v) is 0.759. The van der Waals surface area contributed by atoms with Crippen molar-refractivity contribution in [3.8, 4) is 0 Å². The van der Waals surface area contributed by atoms with Crippen LogP contribution in [-0.4, -0.2) is 48.2 Å². The summed E-state index contributed by atoms with van der Waals surface area (Å²) < 4.78 is 4.99. The first-order valence-corrected chi connectivity index (χ1v) is 3.99. The molecule has 3 unspecified atom stereocenters. The maximum absolute atomic E-state index is 9.21. The zero-order chi connectivity index (χ0) is 9.56. The highest BCUT2D eigenvalue weighted by Crippen LogP contribution is 1.97. The SMILES string of the molecule is CC(O)C(O)C(N)COCCN. The van der Waals surface area contributed by atoms with Crippen LogP contribution in [-0.2, 0) is 4.74 Å². The second-order valence-electron chi connectivity index (χ2n) is 2.76. The van der Waals surface area contributed by atoms with Gasteiger partial charge in [0, 0.05) is 6.54 Å². The Hall–Kier alpha value is -0.200. The Balaban J connectivity index is 3.49. The first kappa shape index (κ1) is 11.8. The van der Waals surface area contributed by atoms with E-state index in [1.807, 2.05) is 0 Å². The number of aliphatic hydroxyl groups is 2. The molecule has 0 saturated carbocycles. The van der Waals surface area contributed by atoms with Gasteiger partial charge in [-0.15, -0.1) is 0 Å². The molecule has 0 aromatic rings. The van der Waals surface area contributed by atoms with Crippen LogP contribution < -0.4 is 11.5 Å². The highest BCUT2D eigenvalue weighted by Gasteiger charge is 2.19. The van der Waals surface area contributed by atoms with Crippen molar-refractivity contribution >= 4 is 0 Å². The van der Waals surface area contributed by atoms with Crippen molar-refractivity contribution in [3.05, 3.63) is 0 Å². The van der Waals surface area contributed by atoms with Crippen molar-refractivity contribution in [1.29, 1.82) is 0 Å². The molecule has 12 heavy (non-hydrogen) atoms. The van der Waals surface area contributed by atoms with Crippen molar-refractivity contribution in [2.24, 2.45) is 11.5 Å². The second kappa shape index (κ2) is 6.33. The number of hydrogen-bond donors (Lipinski definition) is 4. The highest BCUT2D eigenvalue weighted by molar-refractivity contribution is 4.75. The molecule has 0 heterocycles. The van der Waals surface area contributed by atoms with Gasteiger partial charge in [0.1, 0.15) is 0 Å². The van der Waals surface area contributed by atoms with E-state index in [2.05, 4.69) is 0 Å². The van der Waals surface area contributed by atoms with Crippen LogP contribution in [0.25, 0.3) is 0 Å². The molecule has 0 bridgehead atoms. The van der Waals surface area contributed by atoms with E-state index < -0.39 is 18.2 Å². The summed E-state index contributed by atoms with van der Waals surface area (Å²) >= 11 is 0. The average molecular weight is 178 g/mol. The van der Waals surface area contributed by atoms with Gasteiger partial charge in [0.25, 0.3) is 0 Å². The Morgan fingerprint density at radius 1 is 1.42 bits per heavy atom. The molecule has 0 aromatic heterocycles. The van der Waals surface area contributed by atoms with Crippen molar-refractivity contribution in [2.45, 2.75) is 25.2 Å². The zero-order valence-corrected chi connectivity index (χ0v) is 7.31. The Labute approximate surface area is 72.3 Å². The van der Waals surface area contributed by atoms with Gasteiger partial charge in [0.2, 0.25) is 0 Å². The monoisotopic (exact) mass is 178 g/mol.